The van der Waals surface area contributed by atoms with Gasteiger partial charge in [0.05, 0.1) is 0 Å². The van der Waals surface area contributed by atoms with Crippen LogP contribution in [0.4, 0.5) is 5.69 Å². The zero-order valence-electron chi connectivity index (χ0n) is 10.8. The molecule has 0 bridgehead atoms. The van der Waals surface area contributed by atoms with Gasteiger partial charge in [-0.1, -0.05) is 26.3 Å². The Labute approximate surface area is 103 Å². The molecule has 0 spiro atoms. The Balaban J connectivity index is 2.42. The molecule has 1 aromatic carbocycles. The maximum Gasteiger partial charge on any atom is 0.0483 e. The molecular weight excluding hydrogens is 208 g/mol. The number of nitrogen functional groups attached to an aromatic ring is 1. The fraction of sp³-hybridized carbons (Fsp3) is 0.333. The van der Waals surface area contributed by atoms with Gasteiger partial charge in [0.25, 0.3) is 0 Å². The van der Waals surface area contributed by atoms with E-state index in [-0.39, 0.29) is 0 Å². The maximum atomic E-state index is 5.80. The number of rotatable bonds is 3. The summed E-state index contributed by atoms with van der Waals surface area (Å²) in [5.41, 5.74) is 9.07. The summed E-state index contributed by atoms with van der Waals surface area (Å²) in [7, 11) is 2.09. The highest BCUT2D eigenvalue weighted by Crippen LogP contribution is 2.22. The van der Waals surface area contributed by atoms with Crippen LogP contribution in [0.2, 0.25) is 0 Å². The Morgan fingerprint density at radius 3 is 2.82 bits per heavy atom. The molecule has 2 heteroatoms. The number of fused-ring (bicyclic) bond motifs is 1. The van der Waals surface area contributed by atoms with Crippen LogP contribution in [0, 0.1) is 5.92 Å². The number of benzene rings is 1. The minimum atomic E-state index is 0.623. The largest absolute Gasteiger partial charge is 0.399 e. The van der Waals surface area contributed by atoms with Crippen molar-refractivity contribution in [3.8, 4) is 0 Å². The van der Waals surface area contributed by atoms with Crippen molar-refractivity contribution in [2.24, 2.45) is 13.0 Å². The topological polar surface area (TPSA) is 30.9 Å². The Morgan fingerprint density at radius 2 is 2.12 bits per heavy atom. The third-order valence-electron chi connectivity index (χ3n) is 3.34. The quantitative estimate of drug-likeness (QED) is 0.795. The van der Waals surface area contributed by atoms with Crippen molar-refractivity contribution < 1.29 is 0 Å². The average molecular weight is 228 g/mol. The molecule has 17 heavy (non-hydrogen) atoms. The van der Waals surface area contributed by atoms with Crippen molar-refractivity contribution in [1.82, 2.24) is 4.57 Å². The average Bonchev–Trinajstić information content (AvgIpc) is 2.62. The monoisotopic (exact) mass is 228 g/mol. The number of nitrogens with two attached hydrogens (primary N) is 1. The van der Waals surface area contributed by atoms with E-state index in [4.69, 9.17) is 5.73 Å². The number of anilines is 1. The van der Waals surface area contributed by atoms with Gasteiger partial charge < -0.3 is 10.3 Å². The number of hydrogen-bond acceptors (Lipinski definition) is 1. The molecule has 0 saturated heterocycles. The van der Waals surface area contributed by atoms with E-state index in [1.165, 1.54) is 23.0 Å². The van der Waals surface area contributed by atoms with Crippen molar-refractivity contribution in [2.45, 2.75) is 20.3 Å². The van der Waals surface area contributed by atoms with Gasteiger partial charge in [-0.2, -0.15) is 0 Å². The summed E-state index contributed by atoms with van der Waals surface area (Å²) in [6.45, 7) is 4.44. The molecule has 0 radical (unpaired) electrons. The summed E-state index contributed by atoms with van der Waals surface area (Å²) in [5, 5.41) is 1.20. The van der Waals surface area contributed by atoms with E-state index < -0.39 is 0 Å². The fourth-order valence-corrected chi connectivity index (χ4v) is 1.95. The highest BCUT2D eigenvalue weighted by Gasteiger charge is 2.03. The Morgan fingerprint density at radius 1 is 1.35 bits per heavy atom. The molecule has 1 unspecified atom stereocenters. The summed E-state index contributed by atoms with van der Waals surface area (Å²) in [4.78, 5) is 0. The van der Waals surface area contributed by atoms with E-state index in [1.54, 1.807) is 0 Å². The summed E-state index contributed by atoms with van der Waals surface area (Å²) < 4.78 is 2.20. The van der Waals surface area contributed by atoms with Gasteiger partial charge in [0.15, 0.2) is 0 Å². The van der Waals surface area contributed by atoms with Crippen LogP contribution in [0.1, 0.15) is 26.0 Å². The first-order chi connectivity index (χ1) is 8.11. The molecule has 0 aliphatic carbocycles. The zero-order chi connectivity index (χ0) is 12.4. The number of allylic oxidation sites excluding steroid dienone is 1. The number of aromatic nitrogens is 1. The van der Waals surface area contributed by atoms with Crippen LogP contribution >= 0.6 is 0 Å². The minimum Gasteiger partial charge on any atom is -0.399 e. The van der Waals surface area contributed by atoms with Crippen LogP contribution in [-0.4, -0.2) is 4.57 Å². The van der Waals surface area contributed by atoms with Gasteiger partial charge in [-0.15, -0.1) is 0 Å². The third-order valence-corrected chi connectivity index (χ3v) is 3.34. The highest BCUT2D eigenvalue weighted by molar-refractivity contribution is 5.86. The molecule has 2 N–H and O–H groups in total. The van der Waals surface area contributed by atoms with Crippen molar-refractivity contribution in [2.75, 3.05) is 5.73 Å². The first-order valence-corrected chi connectivity index (χ1v) is 6.15. The molecule has 0 fully saturated rings. The summed E-state index contributed by atoms with van der Waals surface area (Å²) in [5.74, 6) is 0.623. The normalized spacial score (nSPS) is 13.6. The first kappa shape index (κ1) is 11.8. The van der Waals surface area contributed by atoms with E-state index in [0.717, 1.165) is 5.69 Å². The van der Waals surface area contributed by atoms with Crippen LogP contribution in [0.15, 0.2) is 30.3 Å². The second kappa shape index (κ2) is 4.66. The number of nitrogens with zero attached hydrogens (tertiary/aromatic N) is 1. The summed E-state index contributed by atoms with van der Waals surface area (Å²) in [6, 6.07) is 8.23. The minimum absolute atomic E-state index is 0.623. The fourth-order valence-electron chi connectivity index (χ4n) is 1.95. The van der Waals surface area contributed by atoms with Crippen molar-refractivity contribution in [3.63, 3.8) is 0 Å². The van der Waals surface area contributed by atoms with Gasteiger partial charge in [-0.3, -0.25) is 0 Å². The molecule has 1 atom stereocenters. The summed E-state index contributed by atoms with van der Waals surface area (Å²) >= 11 is 0. The number of aryl methyl sites for hydroxylation is 1. The second-order valence-electron chi connectivity index (χ2n) is 4.69. The predicted molar refractivity (Wildman–Crippen MR) is 75.8 cm³/mol. The molecule has 1 aromatic heterocycles. The standard InChI is InChI=1S/C15H20N2/c1-4-11(2)5-7-14-10-12-9-13(16)6-8-15(12)17(14)3/h5-11H,4,16H2,1-3H3/b7-5-. The molecule has 0 amide bonds. The molecular formula is C15H20N2. The Bertz CT molecular complexity index is 549. The molecule has 0 aliphatic rings. The van der Waals surface area contributed by atoms with Crippen molar-refractivity contribution in [1.29, 1.82) is 0 Å². The molecule has 2 aromatic rings. The van der Waals surface area contributed by atoms with Crippen molar-refractivity contribution >= 4 is 22.7 Å². The smallest absolute Gasteiger partial charge is 0.0483 e. The lowest BCUT2D eigenvalue weighted by atomic mass is 10.1. The first-order valence-electron chi connectivity index (χ1n) is 6.15. The van der Waals surface area contributed by atoms with E-state index in [0.29, 0.717) is 5.92 Å². The SMILES string of the molecule is CCC(C)/C=C\c1cc2cc(N)ccc2n1C. The lowest BCUT2D eigenvalue weighted by Crippen LogP contribution is -1.91. The van der Waals surface area contributed by atoms with E-state index in [2.05, 4.69) is 49.7 Å². The Hall–Kier alpha value is -1.70. The van der Waals surface area contributed by atoms with Gasteiger partial charge in [-0.05, 0) is 36.3 Å². The molecule has 90 valence electrons. The molecule has 2 nitrogen and oxygen atoms in total. The lowest BCUT2D eigenvalue weighted by molar-refractivity contribution is 0.701. The second-order valence-corrected chi connectivity index (χ2v) is 4.69. The van der Waals surface area contributed by atoms with E-state index in [9.17, 15) is 0 Å². The predicted octanol–water partition coefficient (Wildman–Crippen LogP) is 3.82. The lowest BCUT2D eigenvalue weighted by Gasteiger charge is -2.02. The van der Waals surface area contributed by atoms with Crippen LogP contribution in [0.25, 0.3) is 17.0 Å². The van der Waals surface area contributed by atoms with Crippen LogP contribution < -0.4 is 5.73 Å². The molecule has 0 aliphatic heterocycles. The zero-order valence-corrected chi connectivity index (χ0v) is 10.8. The summed E-state index contributed by atoms with van der Waals surface area (Å²) in [6.07, 6.45) is 5.63. The number of hydrogen-bond donors (Lipinski definition) is 1. The van der Waals surface area contributed by atoms with Crippen LogP contribution in [0.5, 0.6) is 0 Å². The van der Waals surface area contributed by atoms with Gasteiger partial charge >= 0.3 is 0 Å². The van der Waals surface area contributed by atoms with Crippen LogP contribution in [-0.2, 0) is 7.05 Å². The van der Waals surface area contributed by atoms with Gasteiger partial charge in [-0.25, -0.2) is 0 Å². The maximum absolute atomic E-state index is 5.80. The highest BCUT2D eigenvalue weighted by atomic mass is 14.9. The molecule has 1 heterocycles. The molecule has 2 rings (SSSR count). The van der Waals surface area contributed by atoms with Crippen LogP contribution in [0.3, 0.4) is 0 Å². The van der Waals surface area contributed by atoms with Gasteiger partial charge in [0, 0.05) is 29.3 Å². The van der Waals surface area contributed by atoms with E-state index >= 15 is 0 Å². The van der Waals surface area contributed by atoms with Crippen molar-refractivity contribution in [3.05, 3.63) is 36.0 Å². The van der Waals surface area contributed by atoms with Gasteiger partial charge in [0.1, 0.15) is 0 Å². The van der Waals surface area contributed by atoms with Gasteiger partial charge in [0.2, 0.25) is 0 Å². The van der Waals surface area contributed by atoms with E-state index in [1.807, 2.05) is 12.1 Å². The third kappa shape index (κ3) is 2.36. The molecule has 0 saturated carbocycles. The Kier molecular flexibility index (Phi) is 3.23.